The highest BCUT2D eigenvalue weighted by Gasteiger charge is 2.36. The van der Waals surface area contributed by atoms with Gasteiger partial charge in [0.05, 0.1) is 5.75 Å². The SMILES string of the molecule is O=S(=O)(Cc1ccccc1F)NCC1(c2ccsc2)CCOCC1. The van der Waals surface area contributed by atoms with Crippen molar-refractivity contribution >= 4 is 21.4 Å². The molecule has 1 aromatic heterocycles. The van der Waals surface area contributed by atoms with E-state index in [2.05, 4.69) is 10.1 Å². The number of nitrogens with one attached hydrogen (secondary N) is 1. The molecule has 0 spiro atoms. The van der Waals surface area contributed by atoms with Gasteiger partial charge in [0.2, 0.25) is 10.0 Å². The number of rotatable bonds is 6. The van der Waals surface area contributed by atoms with Gasteiger partial charge in [-0.15, -0.1) is 0 Å². The maximum Gasteiger partial charge on any atom is 0.215 e. The Bertz CT molecular complexity index is 769. The van der Waals surface area contributed by atoms with Crippen LogP contribution >= 0.6 is 11.3 Å². The van der Waals surface area contributed by atoms with E-state index in [-0.39, 0.29) is 16.7 Å². The first-order valence-corrected chi connectivity index (χ1v) is 10.4. The molecule has 0 amide bonds. The molecule has 0 radical (unpaired) electrons. The minimum Gasteiger partial charge on any atom is -0.381 e. The maximum absolute atomic E-state index is 13.7. The number of benzene rings is 1. The van der Waals surface area contributed by atoms with E-state index in [4.69, 9.17) is 4.74 Å². The molecule has 2 aromatic rings. The summed E-state index contributed by atoms with van der Waals surface area (Å²) in [5.41, 5.74) is 1.08. The zero-order valence-corrected chi connectivity index (χ0v) is 14.8. The molecule has 0 atom stereocenters. The van der Waals surface area contributed by atoms with Gasteiger partial charge in [0.25, 0.3) is 0 Å². The fourth-order valence-electron chi connectivity index (χ4n) is 3.02. The predicted molar refractivity (Wildman–Crippen MR) is 93.1 cm³/mol. The third kappa shape index (κ3) is 4.03. The first-order valence-electron chi connectivity index (χ1n) is 7.82. The maximum atomic E-state index is 13.7. The summed E-state index contributed by atoms with van der Waals surface area (Å²) in [7, 11) is -3.61. The van der Waals surface area contributed by atoms with E-state index < -0.39 is 15.8 Å². The van der Waals surface area contributed by atoms with Crippen molar-refractivity contribution in [2.24, 2.45) is 0 Å². The van der Waals surface area contributed by atoms with Crippen LogP contribution in [-0.2, 0) is 25.9 Å². The molecule has 0 unspecified atom stereocenters. The molecule has 2 heterocycles. The van der Waals surface area contributed by atoms with Gasteiger partial charge in [-0.25, -0.2) is 17.5 Å². The van der Waals surface area contributed by atoms with Crippen LogP contribution in [0.15, 0.2) is 41.1 Å². The van der Waals surface area contributed by atoms with E-state index in [1.807, 2.05) is 11.4 Å². The molecule has 0 aliphatic carbocycles. The lowest BCUT2D eigenvalue weighted by Crippen LogP contribution is -2.44. The van der Waals surface area contributed by atoms with Crippen LogP contribution in [0, 0.1) is 5.82 Å². The Kier molecular flexibility index (Phi) is 5.34. The summed E-state index contributed by atoms with van der Waals surface area (Å²) in [6.45, 7) is 1.54. The third-order valence-corrected chi connectivity index (χ3v) is 6.48. The molecule has 7 heteroatoms. The second kappa shape index (κ2) is 7.31. The summed E-state index contributed by atoms with van der Waals surface area (Å²) in [5, 5.41) is 4.07. The monoisotopic (exact) mass is 369 g/mol. The van der Waals surface area contributed by atoms with E-state index in [1.54, 1.807) is 23.5 Å². The van der Waals surface area contributed by atoms with Crippen LogP contribution in [0.5, 0.6) is 0 Å². The summed E-state index contributed by atoms with van der Waals surface area (Å²) in [4.78, 5) is 0. The lowest BCUT2D eigenvalue weighted by atomic mass is 9.75. The van der Waals surface area contributed by atoms with Gasteiger partial charge in [-0.3, -0.25) is 0 Å². The van der Waals surface area contributed by atoms with Gasteiger partial charge in [0.15, 0.2) is 0 Å². The Labute approximate surface area is 145 Å². The summed E-state index contributed by atoms with van der Waals surface area (Å²) in [5.74, 6) is -0.850. The summed E-state index contributed by atoms with van der Waals surface area (Å²) < 4.78 is 46.6. The highest BCUT2D eigenvalue weighted by molar-refractivity contribution is 7.88. The molecule has 0 saturated carbocycles. The Morgan fingerprint density at radius 2 is 1.96 bits per heavy atom. The Morgan fingerprint density at radius 3 is 2.62 bits per heavy atom. The van der Waals surface area contributed by atoms with Crippen molar-refractivity contribution in [3.63, 3.8) is 0 Å². The molecular formula is C17H20FNO3S2. The van der Waals surface area contributed by atoms with Crippen LogP contribution in [0.3, 0.4) is 0 Å². The standard InChI is InChI=1S/C17H20FNO3S2/c18-16-4-2-1-3-14(16)12-24(20,21)19-13-17(6-8-22-9-7-17)15-5-10-23-11-15/h1-5,10-11,19H,6-9,12-13H2. The van der Waals surface area contributed by atoms with Gasteiger partial charge in [-0.2, -0.15) is 11.3 Å². The third-order valence-electron chi connectivity index (χ3n) is 4.52. The molecule has 1 aliphatic heterocycles. The van der Waals surface area contributed by atoms with E-state index in [0.717, 1.165) is 18.4 Å². The van der Waals surface area contributed by atoms with E-state index in [0.29, 0.717) is 19.8 Å². The summed E-state index contributed by atoms with van der Waals surface area (Å²) in [6, 6.07) is 8.00. The van der Waals surface area contributed by atoms with Crippen molar-refractivity contribution < 1.29 is 17.5 Å². The van der Waals surface area contributed by atoms with Crippen molar-refractivity contribution in [3.8, 4) is 0 Å². The van der Waals surface area contributed by atoms with E-state index in [1.165, 1.54) is 12.1 Å². The van der Waals surface area contributed by atoms with Gasteiger partial charge in [0, 0.05) is 30.7 Å². The second-order valence-corrected chi connectivity index (χ2v) is 8.66. The van der Waals surface area contributed by atoms with Crippen molar-refractivity contribution in [1.82, 2.24) is 4.72 Å². The molecule has 4 nitrogen and oxygen atoms in total. The average Bonchev–Trinajstić information content (AvgIpc) is 3.11. The number of ether oxygens (including phenoxy) is 1. The molecule has 1 fully saturated rings. The minimum atomic E-state index is -3.61. The van der Waals surface area contributed by atoms with Crippen LogP contribution in [-0.4, -0.2) is 28.2 Å². The van der Waals surface area contributed by atoms with Gasteiger partial charge in [-0.05, 0) is 41.3 Å². The first-order chi connectivity index (χ1) is 11.5. The Hall–Kier alpha value is -1.28. The number of hydrogen-bond donors (Lipinski definition) is 1. The Morgan fingerprint density at radius 1 is 1.21 bits per heavy atom. The fraction of sp³-hybridized carbons (Fsp3) is 0.412. The van der Waals surface area contributed by atoms with E-state index in [9.17, 15) is 12.8 Å². The number of halogens is 1. The second-order valence-electron chi connectivity index (χ2n) is 6.08. The van der Waals surface area contributed by atoms with Gasteiger partial charge >= 0.3 is 0 Å². The molecule has 1 N–H and O–H groups in total. The molecule has 24 heavy (non-hydrogen) atoms. The van der Waals surface area contributed by atoms with Crippen molar-refractivity contribution in [1.29, 1.82) is 0 Å². The van der Waals surface area contributed by atoms with Crippen molar-refractivity contribution in [3.05, 3.63) is 58.0 Å². The number of sulfonamides is 1. The van der Waals surface area contributed by atoms with E-state index >= 15 is 0 Å². The molecule has 0 bridgehead atoms. The summed E-state index contributed by atoms with van der Waals surface area (Å²) >= 11 is 1.60. The molecular weight excluding hydrogens is 349 g/mol. The molecule has 1 saturated heterocycles. The topological polar surface area (TPSA) is 55.4 Å². The Balaban J connectivity index is 1.73. The van der Waals surface area contributed by atoms with Crippen LogP contribution in [0.1, 0.15) is 24.0 Å². The zero-order valence-electron chi connectivity index (χ0n) is 13.2. The van der Waals surface area contributed by atoms with Crippen molar-refractivity contribution in [2.75, 3.05) is 19.8 Å². The lowest BCUT2D eigenvalue weighted by molar-refractivity contribution is 0.0518. The lowest BCUT2D eigenvalue weighted by Gasteiger charge is -2.37. The van der Waals surface area contributed by atoms with Crippen molar-refractivity contribution in [2.45, 2.75) is 24.0 Å². The largest absolute Gasteiger partial charge is 0.381 e. The van der Waals surface area contributed by atoms with Gasteiger partial charge < -0.3 is 4.74 Å². The number of thiophene rings is 1. The average molecular weight is 369 g/mol. The summed E-state index contributed by atoms with van der Waals surface area (Å²) in [6.07, 6.45) is 1.54. The smallest absolute Gasteiger partial charge is 0.215 e. The minimum absolute atomic E-state index is 0.182. The number of hydrogen-bond acceptors (Lipinski definition) is 4. The molecule has 3 rings (SSSR count). The molecule has 130 valence electrons. The molecule has 1 aromatic carbocycles. The highest BCUT2D eigenvalue weighted by atomic mass is 32.2. The quantitative estimate of drug-likeness (QED) is 0.851. The van der Waals surface area contributed by atoms with Crippen LogP contribution in [0.25, 0.3) is 0 Å². The first kappa shape index (κ1) is 17.5. The van der Waals surface area contributed by atoms with Gasteiger partial charge in [0.1, 0.15) is 5.82 Å². The van der Waals surface area contributed by atoms with Crippen LogP contribution < -0.4 is 4.72 Å². The highest BCUT2D eigenvalue weighted by Crippen LogP contribution is 2.35. The fourth-order valence-corrected chi connectivity index (χ4v) is 5.04. The predicted octanol–water partition coefficient (Wildman–Crippen LogP) is 3.06. The normalized spacial score (nSPS) is 17.7. The molecule has 1 aliphatic rings. The van der Waals surface area contributed by atoms with Gasteiger partial charge in [-0.1, -0.05) is 18.2 Å². The van der Waals surface area contributed by atoms with Crippen LogP contribution in [0.4, 0.5) is 4.39 Å². The van der Waals surface area contributed by atoms with Crippen LogP contribution in [0.2, 0.25) is 0 Å². The zero-order chi connectivity index (χ0) is 17.0.